The van der Waals surface area contributed by atoms with E-state index >= 15 is 0 Å². The summed E-state index contributed by atoms with van der Waals surface area (Å²) in [5.41, 5.74) is 1.11. The Kier molecular flexibility index (Phi) is 3.19. The first-order chi connectivity index (χ1) is 7.20. The van der Waals surface area contributed by atoms with Gasteiger partial charge in [-0.25, -0.2) is 0 Å². The van der Waals surface area contributed by atoms with Crippen molar-refractivity contribution in [2.24, 2.45) is 0 Å². The van der Waals surface area contributed by atoms with Crippen LogP contribution in [0.4, 0.5) is 0 Å². The van der Waals surface area contributed by atoms with E-state index in [0.29, 0.717) is 12.0 Å². The van der Waals surface area contributed by atoms with E-state index in [0.717, 1.165) is 16.3 Å². The summed E-state index contributed by atoms with van der Waals surface area (Å²) in [6.07, 6.45) is 6.85. The molecular formula is C12H17NOS. The number of nitrogens with zero attached hydrogens (tertiary/aromatic N) is 1. The minimum atomic E-state index is 0.457. The van der Waals surface area contributed by atoms with Crippen LogP contribution in [0.2, 0.25) is 0 Å². The second-order valence-electron chi connectivity index (χ2n) is 4.23. The molecule has 2 nitrogen and oxygen atoms in total. The molecule has 1 saturated carbocycles. The van der Waals surface area contributed by atoms with Crippen LogP contribution >= 0.6 is 11.8 Å². The molecule has 82 valence electrons. The number of aromatic nitrogens is 1. The highest BCUT2D eigenvalue weighted by atomic mass is 32.2. The molecule has 0 N–H and O–H groups in total. The fourth-order valence-corrected chi connectivity index (χ4v) is 1.83. The molecule has 0 radical (unpaired) electrons. The van der Waals surface area contributed by atoms with Crippen molar-refractivity contribution in [1.29, 1.82) is 0 Å². The summed E-state index contributed by atoms with van der Waals surface area (Å²) in [6.45, 7) is 4.31. The molecule has 1 aliphatic carbocycles. The highest BCUT2D eigenvalue weighted by Crippen LogP contribution is 2.34. The maximum atomic E-state index is 5.88. The maximum Gasteiger partial charge on any atom is 0.136 e. The van der Waals surface area contributed by atoms with E-state index in [1.54, 1.807) is 11.8 Å². The Morgan fingerprint density at radius 1 is 1.47 bits per heavy atom. The van der Waals surface area contributed by atoms with Gasteiger partial charge < -0.3 is 4.74 Å². The Morgan fingerprint density at radius 3 is 2.73 bits per heavy atom. The van der Waals surface area contributed by atoms with E-state index in [4.69, 9.17) is 4.74 Å². The van der Waals surface area contributed by atoms with Crippen LogP contribution in [0.15, 0.2) is 17.2 Å². The number of hydrogen-bond donors (Lipinski definition) is 0. The first-order valence-electron chi connectivity index (χ1n) is 5.41. The third kappa shape index (κ3) is 2.65. The average Bonchev–Trinajstić information content (AvgIpc) is 3.01. The average molecular weight is 223 g/mol. The fraction of sp³-hybridized carbons (Fsp3) is 0.583. The molecule has 1 aromatic rings. The van der Waals surface area contributed by atoms with E-state index in [1.807, 2.05) is 6.20 Å². The second-order valence-corrected chi connectivity index (χ2v) is 5.08. The Morgan fingerprint density at radius 2 is 2.20 bits per heavy atom. The lowest BCUT2D eigenvalue weighted by Gasteiger charge is -2.12. The molecule has 0 amide bonds. The van der Waals surface area contributed by atoms with Crippen LogP contribution in [0.5, 0.6) is 5.75 Å². The minimum absolute atomic E-state index is 0.457. The Bertz CT molecular complexity index is 347. The Labute approximate surface area is 95.4 Å². The van der Waals surface area contributed by atoms with Crippen LogP contribution in [0.1, 0.15) is 38.3 Å². The molecular weight excluding hydrogens is 206 g/mol. The van der Waals surface area contributed by atoms with Gasteiger partial charge >= 0.3 is 0 Å². The van der Waals surface area contributed by atoms with Crippen molar-refractivity contribution < 1.29 is 4.74 Å². The Balaban J connectivity index is 2.24. The van der Waals surface area contributed by atoms with Crippen molar-refractivity contribution >= 4 is 11.8 Å². The zero-order chi connectivity index (χ0) is 10.8. The lowest BCUT2D eigenvalue weighted by atomic mass is 10.1. The van der Waals surface area contributed by atoms with Crippen LogP contribution in [0, 0.1) is 0 Å². The van der Waals surface area contributed by atoms with E-state index in [9.17, 15) is 0 Å². The van der Waals surface area contributed by atoms with E-state index in [2.05, 4.69) is 31.2 Å². The summed E-state index contributed by atoms with van der Waals surface area (Å²) in [6, 6.07) is 2.09. The number of hydrogen-bond acceptors (Lipinski definition) is 3. The van der Waals surface area contributed by atoms with Crippen LogP contribution in [0.25, 0.3) is 0 Å². The van der Waals surface area contributed by atoms with Gasteiger partial charge in [0.15, 0.2) is 0 Å². The second kappa shape index (κ2) is 4.44. The SMILES string of the molecule is CSc1cnc(C(C)C)cc1OC1CC1. The summed E-state index contributed by atoms with van der Waals surface area (Å²) in [5.74, 6) is 1.48. The molecule has 1 aliphatic rings. The molecule has 0 unspecified atom stereocenters. The molecule has 1 fully saturated rings. The number of thioether (sulfide) groups is 1. The Hall–Kier alpha value is -0.700. The lowest BCUT2D eigenvalue weighted by Crippen LogP contribution is -2.00. The van der Waals surface area contributed by atoms with Crippen molar-refractivity contribution in [2.45, 2.75) is 43.6 Å². The summed E-state index contributed by atoms with van der Waals surface area (Å²) < 4.78 is 5.88. The third-order valence-electron chi connectivity index (χ3n) is 2.48. The summed E-state index contributed by atoms with van der Waals surface area (Å²) in [7, 11) is 0. The van der Waals surface area contributed by atoms with Crippen LogP contribution in [-0.2, 0) is 0 Å². The highest BCUT2D eigenvalue weighted by molar-refractivity contribution is 7.98. The molecule has 1 aromatic heterocycles. The number of pyridine rings is 1. The number of rotatable bonds is 4. The molecule has 0 bridgehead atoms. The van der Waals surface area contributed by atoms with Crippen molar-refractivity contribution in [3.63, 3.8) is 0 Å². The van der Waals surface area contributed by atoms with Crippen LogP contribution in [0.3, 0.4) is 0 Å². The summed E-state index contributed by atoms with van der Waals surface area (Å²) >= 11 is 1.70. The van der Waals surface area contributed by atoms with Gasteiger partial charge in [-0.3, -0.25) is 4.98 Å². The maximum absolute atomic E-state index is 5.88. The molecule has 2 rings (SSSR count). The molecule has 0 aliphatic heterocycles. The van der Waals surface area contributed by atoms with Gasteiger partial charge in [0.1, 0.15) is 5.75 Å². The topological polar surface area (TPSA) is 22.1 Å². The monoisotopic (exact) mass is 223 g/mol. The van der Waals surface area contributed by atoms with Gasteiger partial charge in [0.05, 0.1) is 11.0 Å². The molecule has 3 heteroatoms. The number of ether oxygens (including phenoxy) is 1. The third-order valence-corrected chi connectivity index (χ3v) is 3.23. The first-order valence-corrected chi connectivity index (χ1v) is 6.63. The van der Waals surface area contributed by atoms with Crippen LogP contribution < -0.4 is 4.74 Å². The largest absolute Gasteiger partial charge is 0.489 e. The first kappa shape index (κ1) is 10.8. The fourth-order valence-electron chi connectivity index (χ4n) is 1.37. The van der Waals surface area contributed by atoms with Gasteiger partial charge in [0.2, 0.25) is 0 Å². The standard InChI is InChI=1S/C12H17NOS/c1-8(2)10-6-11(14-9-4-5-9)12(15-3)7-13-10/h6-9H,4-5H2,1-3H3. The van der Waals surface area contributed by atoms with Crippen molar-refractivity contribution in [1.82, 2.24) is 4.98 Å². The minimum Gasteiger partial charge on any atom is -0.489 e. The predicted octanol–water partition coefficient (Wildman–Crippen LogP) is 3.47. The van der Waals surface area contributed by atoms with Gasteiger partial charge in [0, 0.05) is 18.0 Å². The van der Waals surface area contributed by atoms with Gasteiger partial charge in [-0.2, -0.15) is 0 Å². The molecule has 0 atom stereocenters. The molecule has 0 aromatic carbocycles. The summed E-state index contributed by atoms with van der Waals surface area (Å²) in [5, 5.41) is 0. The summed E-state index contributed by atoms with van der Waals surface area (Å²) in [4.78, 5) is 5.58. The quantitative estimate of drug-likeness (QED) is 0.730. The van der Waals surface area contributed by atoms with Gasteiger partial charge in [-0.15, -0.1) is 11.8 Å². The normalized spacial score (nSPS) is 15.7. The van der Waals surface area contributed by atoms with Crippen molar-refractivity contribution in [3.05, 3.63) is 18.0 Å². The molecule has 1 heterocycles. The highest BCUT2D eigenvalue weighted by Gasteiger charge is 2.24. The smallest absolute Gasteiger partial charge is 0.136 e. The molecule has 0 spiro atoms. The molecule has 15 heavy (non-hydrogen) atoms. The van der Waals surface area contributed by atoms with E-state index in [1.165, 1.54) is 12.8 Å². The van der Waals surface area contributed by atoms with E-state index < -0.39 is 0 Å². The van der Waals surface area contributed by atoms with Gasteiger partial charge in [-0.05, 0) is 25.0 Å². The molecule has 0 saturated heterocycles. The zero-order valence-corrected chi connectivity index (χ0v) is 10.3. The van der Waals surface area contributed by atoms with Crippen molar-refractivity contribution in [3.8, 4) is 5.75 Å². The van der Waals surface area contributed by atoms with E-state index in [-0.39, 0.29) is 0 Å². The van der Waals surface area contributed by atoms with Gasteiger partial charge in [-0.1, -0.05) is 13.8 Å². The zero-order valence-electron chi connectivity index (χ0n) is 9.49. The van der Waals surface area contributed by atoms with Crippen LogP contribution in [-0.4, -0.2) is 17.3 Å². The lowest BCUT2D eigenvalue weighted by molar-refractivity contribution is 0.295. The predicted molar refractivity (Wildman–Crippen MR) is 63.8 cm³/mol. The van der Waals surface area contributed by atoms with Crippen molar-refractivity contribution in [2.75, 3.05) is 6.26 Å². The van der Waals surface area contributed by atoms with Gasteiger partial charge in [0.25, 0.3) is 0 Å².